The molecule has 0 heterocycles. The molecule has 3 nitrogen and oxygen atoms in total. The Balaban J connectivity index is 2.64. The van der Waals surface area contributed by atoms with Crippen LogP contribution in [0.4, 0.5) is 5.69 Å². The van der Waals surface area contributed by atoms with Crippen molar-refractivity contribution < 1.29 is 4.74 Å². The van der Waals surface area contributed by atoms with E-state index in [2.05, 4.69) is 4.98 Å². The Bertz CT molecular complexity index is 544. The zero-order chi connectivity index (χ0) is 11.4. The highest BCUT2D eigenvalue weighted by Crippen LogP contribution is 2.35. The molecule has 0 saturated heterocycles. The third-order valence-corrected chi connectivity index (χ3v) is 2.41. The molecule has 2 aromatic rings. The second-order valence-electron chi connectivity index (χ2n) is 3.32. The molecule has 0 unspecified atom stereocenters. The first kappa shape index (κ1) is 10.2. The SMILES string of the molecule is COc1ccccc1-c1ccccc1[N+]#N. The van der Waals surface area contributed by atoms with E-state index >= 15 is 0 Å². The maximum atomic E-state index is 8.93. The van der Waals surface area contributed by atoms with Gasteiger partial charge in [0.2, 0.25) is 5.39 Å². The zero-order valence-corrected chi connectivity index (χ0v) is 8.92. The van der Waals surface area contributed by atoms with Gasteiger partial charge in [-0.1, -0.05) is 30.3 Å². The second-order valence-corrected chi connectivity index (χ2v) is 3.32. The summed E-state index contributed by atoms with van der Waals surface area (Å²) in [6, 6.07) is 15.0. The number of rotatable bonds is 2. The lowest BCUT2D eigenvalue weighted by atomic mass is 10.0. The van der Waals surface area contributed by atoms with E-state index in [0.717, 1.165) is 16.9 Å². The lowest BCUT2D eigenvalue weighted by molar-refractivity contribution is 0.416. The van der Waals surface area contributed by atoms with Crippen LogP contribution in [0.15, 0.2) is 48.5 Å². The number of nitrogens with zero attached hydrogens (tertiary/aromatic N) is 2. The van der Waals surface area contributed by atoms with Gasteiger partial charge >= 0.3 is 5.69 Å². The molecule has 0 N–H and O–H groups in total. The normalized spacial score (nSPS) is 9.50. The molecule has 0 saturated carbocycles. The van der Waals surface area contributed by atoms with Crippen LogP contribution < -0.4 is 4.74 Å². The maximum Gasteiger partial charge on any atom is 0.392 e. The van der Waals surface area contributed by atoms with E-state index in [9.17, 15) is 0 Å². The molecule has 0 bridgehead atoms. The van der Waals surface area contributed by atoms with Gasteiger partial charge in [-0.05, 0) is 12.1 Å². The fraction of sp³-hybridized carbons (Fsp3) is 0.0769. The number of methoxy groups -OCH3 is 1. The van der Waals surface area contributed by atoms with E-state index in [4.69, 9.17) is 10.1 Å². The van der Waals surface area contributed by atoms with Crippen molar-refractivity contribution in [1.82, 2.24) is 0 Å². The lowest BCUT2D eigenvalue weighted by Gasteiger charge is -2.05. The Morgan fingerprint density at radius 2 is 1.56 bits per heavy atom. The molecular weight excluding hydrogens is 200 g/mol. The van der Waals surface area contributed by atoms with Gasteiger partial charge in [-0.15, -0.1) is 0 Å². The van der Waals surface area contributed by atoms with Gasteiger partial charge in [0.25, 0.3) is 0 Å². The first-order chi connectivity index (χ1) is 7.86. The highest BCUT2D eigenvalue weighted by atomic mass is 16.5. The van der Waals surface area contributed by atoms with Crippen LogP contribution in [-0.4, -0.2) is 7.11 Å². The van der Waals surface area contributed by atoms with Crippen LogP contribution in [0.25, 0.3) is 16.1 Å². The Morgan fingerprint density at radius 3 is 2.25 bits per heavy atom. The van der Waals surface area contributed by atoms with Crippen molar-refractivity contribution in [3.63, 3.8) is 0 Å². The predicted molar refractivity (Wildman–Crippen MR) is 63.2 cm³/mol. The molecule has 0 aliphatic carbocycles. The van der Waals surface area contributed by atoms with Crippen molar-refractivity contribution in [2.75, 3.05) is 7.11 Å². The quantitative estimate of drug-likeness (QED) is 0.707. The average Bonchev–Trinajstić information content (AvgIpc) is 2.38. The Kier molecular flexibility index (Phi) is 2.84. The van der Waals surface area contributed by atoms with E-state index in [0.29, 0.717) is 5.69 Å². The van der Waals surface area contributed by atoms with Gasteiger partial charge in [0.15, 0.2) is 4.98 Å². The standard InChI is InChI=1S/C13H11N2O/c1-16-13-9-5-3-7-11(13)10-6-2-4-8-12(10)15-14/h2-9H,1H3/q+1. The number of diazo groups is 1. The van der Waals surface area contributed by atoms with Crippen LogP contribution in [0, 0.1) is 5.39 Å². The highest BCUT2D eigenvalue weighted by molar-refractivity contribution is 5.81. The minimum absolute atomic E-state index is 0.534. The molecule has 0 fully saturated rings. The number of hydrogen-bond donors (Lipinski definition) is 0. The summed E-state index contributed by atoms with van der Waals surface area (Å²) in [6.07, 6.45) is 0. The summed E-state index contributed by atoms with van der Waals surface area (Å²) in [5, 5.41) is 8.93. The third kappa shape index (κ3) is 1.73. The van der Waals surface area contributed by atoms with E-state index in [1.165, 1.54) is 0 Å². The third-order valence-electron chi connectivity index (χ3n) is 2.41. The molecule has 0 atom stereocenters. The molecule has 2 aromatic carbocycles. The van der Waals surface area contributed by atoms with Gasteiger partial charge in [0.1, 0.15) is 5.75 Å². The largest absolute Gasteiger partial charge is 0.496 e. The molecule has 2 rings (SSSR count). The number of benzene rings is 2. The summed E-state index contributed by atoms with van der Waals surface area (Å²) in [5.74, 6) is 0.763. The minimum atomic E-state index is 0.534. The minimum Gasteiger partial charge on any atom is -0.496 e. The van der Waals surface area contributed by atoms with Gasteiger partial charge in [-0.2, -0.15) is 0 Å². The molecule has 78 valence electrons. The van der Waals surface area contributed by atoms with Crippen LogP contribution >= 0.6 is 0 Å². The molecule has 0 radical (unpaired) electrons. The molecule has 0 aromatic heterocycles. The Labute approximate surface area is 93.9 Å². The Hall–Kier alpha value is -2.34. The number of ether oxygens (including phenoxy) is 1. The topological polar surface area (TPSA) is 37.4 Å². The average molecular weight is 211 g/mol. The molecule has 0 spiro atoms. The lowest BCUT2D eigenvalue weighted by Crippen LogP contribution is -1.87. The molecule has 0 aliphatic heterocycles. The molecule has 16 heavy (non-hydrogen) atoms. The molecule has 3 heteroatoms. The van der Waals surface area contributed by atoms with Gasteiger partial charge in [0, 0.05) is 11.6 Å². The van der Waals surface area contributed by atoms with Crippen molar-refractivity contribution in [2.24, 2.45) is 0 Å². The summed E-state index contributed by atoms with van der Waals surface area (Å²) in [6.45, 7) is 0. The first-order valence-corrected chi connectivity index (χ1v) is 4.94. The van der Waals surface area contributed by atoms with Crippen molar-refractivity contribution in [1.29, 1.82) is 5.39 Å². The fourth-order valence-electron chi connectivity index (χ4n) is 1.66. The van der Waals surface area contributed by atoms with E-state index in [1.807, 2.05) is 42.5 Å². The smallest absolute Gasteiger partial charge is 0.392 e. The van der Waals surface area contributed by atoms with E-state index in [-0.39, 0.29) is 0 Å². The summed E-state index contributed by atoms with van der Waals surface area (Å²) in [7, 11) is 1.62. The summed E-state index contributed by atoms with van der Waals surface area (Å²) >= 11 is 0. The summed E-state index contributed by atoms with van der Waals surface area (Å²) in [5.41, 5.74) is 2.30. The number of para-hydroxylation sites is 1. The second kappa shape index (κ2) is 4.45. The zero-order valence-electron chi connectivity index (χ0n) is 8.92. The fourth-order valence-corrected chi connectivity index (χ4v) is 1.66. The van der Waals surface area contributed by atoms with Crippen molar-refractivity contribution in [2.45, 2.75) is 0 Å². The van der Waals surface area contributed by atoms with Gasteiger partial charge in [0.05, 0.1) is 12.7 Å². The predicted octanol–water partition coefficient (Wildman–Crippen LogP) is 3.85. The summed E-state index contributed by atoms with van der Waals surface area (Å²) in [4.78, 5) is 3.27. The van der Waals surface area contributed by atoms with Crippen LogP contribution in [-0.2, 0) is 0 Å². The van der Waals surface area contributed by atoms with Crippen molar-refractivity contribution in [3.8, 4) is 16.9 Å². The van der Waals surface area contributed by atoms with E-state index < -0.39 is 0 Å². The molecular formula is C13H11N2O+. The highest BCUT2D eigenvalue weighted by Gasteiger charge is 2.16. The first-order valence-electron chi connectivity index (χ1n) is 4.94. The summed E-state index contributed by atoms with van der Waals surface area (Å²) < 4.78 is 5.28. The van der Waals surface area contributed by atoms with Gasteiger partial charge in [-0.3, -0.25) is 0 Å². The van der Waals surface area contributed by atoms with Crippen molar-refractivity contribution >= 4 is 5.69 Å². The van der Waals surface area contributed by atoms with Crippen molar-refractivity contribution in [3.05, 3.63) is 53.5 Å². The number of hydrogen-bond acceptors (Lipinski definition) is 2. The van der Waals surface area contributed by atoms with Crippen LogP contribution in [0.2, 0.25) is 0 Å². The van der Waals surface area contributed by atoms with Gasteiger partial charge in [-0.25, -0.2) is 0 Å². The van der Waals surface area contributed by atoms with Crippen LogP contribution in [0.3, 0.4) is 0 Å². The Morgan fingerprint density at radius 1 is 0.938 bits per heavy atom. The molecule has 0 amide bonds. The maximum absolute atomic E-state index is 8.93. The van der Waals surface area contributed by atoms with E-state index in [1.54, 1.807) is 13.2 Å². The van der Waals surface area contributed by atoms with Crippen LogP contribution in [0.5, 0.6) is 5.75 Å². The van der Waals surface area contributed by atoms with Crippen LogP contribution in [0.1, 0.15) is 0 Å². The van der Waals surface area contributed by atoms with Gasteiger partial charge < -0.3 is 4.74 Å². The molecule has 0 aliphatic rings. The monoisotopic (exact) mass is 211 g/mol.